The Kier molecular flexibility index (Phi) is 7.97. The number of carboxylic acid groups (broad SMARTS) is 1. The Morgan fingerprint density at radius 2 is 1.59 bits per heavy atom. The Morgan fingerprint density at radius 1 is 1.03 bits per heavy atom. The zero-order valence-electron chi connectivity index (χ0n) is 20.3. The van der Waals surface area contributed by atoms with Crippen LogP contribution in [0.1, 0.15) is 57.6 Å². The van der Waals surface area contributed by atoms with Crippen molar-refractivity contribution in [2.45, 2.75) is 52.5 Å². The summed E-state index contributed by atoms with van der Waals surface area (Å²) in [6, 6.07) is 15.4. The summed E-state index contributed by atoms with van der Waals surface area (Å²) in [6.45, 7) is 7.74. The van der Waals surface area contributed by atoms with Gasteiger partial charge in [-0.25, -0.2) is 4.79 Å². The van der Waals surface area contributed by atoms with Crippen LogP contribution in [-0.4, -0.2) is 42.3 Å². The predicted molar refractivity (Wildman–Crippen MR) is 130 cm³/mol. The maximum atomic E-state index is 12.9. The molecule has 0 bridgehead atoms. The molecule has 0 radical (unpaired) electrons. The minimum atomic E-state index is -0.922. The third-order valence-electron chi connectivity index (χ3n) is 6.48. The molecule has 0 spiro atoms. The highest BCUT2D eigenvalue weighted by atomic mass is 16.5. The lowest BCUT2D eigenvalue weighted by Gasteiger charge is -2.27. The number of alkyl carbamates (subject to hydrolysis) is 1. The lowest BCUT2D eigenvalue weighted by molar-refractivity contribution is -0.139. The van der Waals surface area contributed by atoms with E-state index in [1.54, 1.807) is 13.8 Å². The van der Waals surface area contributed by atoms with Crippen LogP contribution in [0.25, 0.3) is 11.1 Å². The van der Waals surface area contributed by atoms with Gasteiger partial charge in [0, 0.05) is 12.5 Å². The second-order valence-corrected chi connectivity index (χ2v) is 9.79. The van der Waals surface area contributed by atoms with E-state index < -0.39 is 23.5 Å². The lowest BCUT2D eigenvalue weighted by Crippen LogP contribution is -2.52. The van der Waals surface area contributed by atoms with Gasteiger partial charge < -0.3 is 20.5 Å². The minimum Gasteiger partial charge on any atom is -0.481 e. The summed E-state index contributed by atoms with van der Waals surface area (Å²) >= 11 is 0. The fourth-order valence-electron chi connectivity index (χ4n) is 4.38. The van der Waals surface area contributed by atoms with Crippen molar-refractivity contribution in [3.63, 3.8) is 0 Å². The maximum Gasteiger partial charge on any atom is 0.407 e. The van der Waals surface area contributed by atoms with Crippen LogP contribution in [0.3, 0.4) is 0 Å². The Hall–Kier alpha value is -3.35. The molecule has 0 fully saturated rings. The number of carbonyl (C=O) groups excluding carboxylic acids is 2. The second kappa shape index (κ2) is 10.7. The number of fused-ring (bicyclic) bond motifs is 3. The van der Waals surface area contributed by atoms with E-state index in [-0.39, 0.29) is 37.3 Å². The zero-order valence-corrected chi connectivity index (χ0v) is 20.3. The van der Waals surface area contributed by atoms with Gasteiger partial charge in [0.15, 0.2) is 0 Å². The van der Waals surface area contributed by atoms with E-state index in [1.807, 2.05) is 38.1 Å². The van der Waals surface area contributed by atoms with Gasteiger partial charge in [0.1, 0.15) is 12.6 Å². The van der Waals surface area contributed by atoms with Crippen molar-refractivity contribution in [2.75, 3.05) is 13.2 Å². The summed E-state index contributed by atoms with van der Waals surface area (Å²) < 4.78 is 5.61. The molecule has 0 saturated heterocycles. The van der Waals surface area contributed by atoms with Crippen molar-refractivity contribution in [1.29, 1.82) is 0 Å². The van der Waals surface area contributed by atoms with E-state index >= 15 is 0 Å². The van der Waals surface area contributed by atoms with Crippen LogP contribution in [0.5, 0.6) is 0 Å². The first-order chi connectivity index (χ1) is 16.1. The molecule has 0 saturated carbocycles. The van der Waals surface area contributed by atoms with E-state index in [9.17, 15) is 14.4 Å². The second-order valence-electron chi connectivity index (χ2n) is 9.79. The number of rotatable bonds is 10. The van der Waals surface area contributed by atoms with Gasteiger partial charge in [-0.15, -0.1) is 0 Å². The summed E-state index contributed by atoms with van der Waals surface area (Å²) in [6.07, 6.45) is -0.0337. The molecular weight excluding hydrogens is 432 g/mol. The molecule has 7 nitrogen and oxygen atoms in total. The van der Waals surface area contributed by atoms with Crippen LogP contribution >= 0.6 is 0 Å². The van der Waals surface area contributed by atoms with Gasteiger partial charge in [-0.1, -0.05) is 82.6 Å². The number of ether oxygens (including phenoxy) is 1. The molecule has 34 heavy (non-hydrogen) atoms. The summed E-state index contributed by atoms with van der Waals surface area (Å²) in [4.78, 5) is 36.6. The molecule has 3 rings (SSSR count). The highest BCUT2D eigenvalue weighted by Crippen LogP contribution is 2.44. The summed E-state index contributed by atoms with van der Waals surface area (Å²) in [5.41, 5.74) is 3.92. The molecule has 1 aliphatic carbocycles. The highest BCUT2D eigenvalue weighted by Gasteiger charge is 2.31. The fourth-order valence-corrected chi connectivity index (χ4v) is 4.38. The third-order valence-corrected chi connectivity index (χ3v) is 6.48. The van der Waals surface area contributed by atoms with Crippen LogP contribution < -0.4 is 10.6 Å². The first-order valence-corrected chi connectivity index (χ1v) is 11.7. The van der Waals surface area contributed by atoms with E-state index in [2.05, 4.69) is 34.9 Å². The van der Waals surface area contributed by atoms with Crippen molar-refractivity contribution in [2.24, 2.45) is 11.3 Å². The molecular formula is C27H34N2O5. The van der Waals surface area contributed by atoms with Crippen molar-refractivity contribution in [3.8, 4) is 11.1 Å². The smallest absolute Gasteiger partial charge is 0.407 e. The molecule has 2 atom stereocenters. The van der Waals surface area contributed by atoms with Crippen molar-refractivity contribution in [3.05, 3.63) is 59.7 Å². The molecule has 0 aromatic heterocycles. The molecule has 0 unspecified atom stereocenters. The third kappa shape index (κ3) is 5.95. The Bertz CT molecular complexity index is 1000. The van der Waals surface area contributed by atoms with Crippen LogP contribution in [0.4, 0.5) is 4.79 Å². The number of carbonyl (C=O) groups is 3. The van der Waals surface area contributed by atoms with Crippen LogP contribution in [0, 0.1) is 11.3 Å². The molecule has 2 amide bonds. The number of hydrogen-bond acceptors (Lipinski definition) is 4. The normalized spacial score (nSPS) is 14.5. The number of amides is 2. The van der Waals surface area contributed by atoms with Crippen molar-refractivity contribution >= 4 is 18.0 Å². The lowest BCUT2D eigenvalue weighted by atomic mass is 9.89. The van der Waals surface area contributed by atoms with Gasteiger partial charge in [0.2, 0.25) is 5.91 Å². The van der Waals surface area contributed by atoms with Crippen LogP contribution in [0.15, 0.2) is 48.5 Å². The summed E-state index contributed by atoms with van der Waals surface area (Å²) in [7, 11) is 0. The standard InChI is InChI=1S/C27H34N2O5/c1-5-17(2)24(25(32)28-16-27(3,4)14-23(30)31)29-26(33)34-15-22-20-12-8-6-10-18(20)19-11-7-9-13-21(19)22/h6-13,17,22,24H,5,14-16H2,1-4H3,(H,28,32)(H,29,33)(H,30,31)/t17-,24-/m0/s1. The van der Waals surface area contributed by atoms with E-state index in [4.69, 9.17) is 9.84 Å². The summed E-state index contributed by atoms with van der Waals surface area (Å²) in [5.74, 6) is -1.45. The zero-order chi connectivity index (χ0) is 24.9. The fraction of sp³-hybridized carbons (Fsp3) is 0.444. The molecule has 0 aliphatic heterocycles. The van der Waals surface area contributed by atoms with Crippen molar-refractivity contribution < 1.29 is 24.2 Å². The average molecular weight is 467 g/mol. The van der Waals surface area contributed by atoms with Crippen molar-refractivity contribution in [1.82, 2.24) is 10.6 Å². The quantitative estimate of drug-likeness (QED) is 0.476. The van der Waals surface area contributed by atoms with Gasteiger partial charge in [0.05, 0.1) is 6.42 Å². The number of nitrogens with one attached hydrogen (secondary N) is 2. The van der Waals surface area contributed by atoms with Gasteiger partial charge in [-0.2, -0.15) is 0 Å². The first kappa shape index (κ1) is 25.3. The molecule has 7 heteroatoms. The van der Waals surface area contributed by atoms with Crippen LogP contribution in [0.2, 0.25) is 0 Å². The number of benzene rings is 2. The monoisotopic (exact) mass is 466 g/mol. The molecule has 182 valence electrons. The van der Waals surface area contributed by atoms with Gasteiger partial charge in [-0.3, -0.25) is 9.59 Å². The van der Waals surface area contributed by atoms with Crippen LogP contribution in [-0.2, 0) is 14.3 Å². The topological polar surface area (TPSA) is 105 Å². The minimum absolute atomic E-state index is 0.0640. The Labute approximate surface area is 200 Å². The molecule has 1 aliphatic rings. The SMILES string of the molecule is CC[C@H](C)[C@H](NC(=O)OCC1c2ccccc2-c2ccccc21)C(=O)NCC(C)(C)CC(=O)O. The largest absolute Gasteiger partial charge is 0.481 e. The van der Waals surface area contributed by atoms with E-state index in [1.165, 1.54) is 0 Å². The number of carboxylic acids is 1. The average Bonchev–Trinajstić information content (AvgIpc) is 3.12. The molecule has 0 heterocycles. The molecule has 2 aromatic carbocycles. The van der Waals surface area contributed by atoms with E-state index in [0.29, 0.717) is 6.42 Å². The first-order valence-electron chi connectivity index (χ1n) is 11.7. The maximum absolute atomic E-state index is 12.9. The van der Waals surface area contributed by atoms with E-state index in [0.717, 1.165) is 22.3 Å². The molecule has 2 aromatic rings. The number of aliphatic carboxylic acids is 1. The van der Waals surface area contributed by atoms with Gasteiger partial charge in [-0.05, 0) is 33.6 Å². The number of hydrogen-bond donors (Lipinski definition) is 3. The Balaban J connectivity index is 1.63. The predicted octanol–water partition coefficient (Wildman–Crippen LogP) is 4.56. The van der Waals surface area contributed by atoms with Gasteiger partial charge in [0.25, 0.3) is 0 Å². The highest BCUT2D eigenvalue weighted by molar-refractivity contribution is 5.86. The van der Waals surface area contributed by atoms with Gasteiger partial charge >= 0.3 is 12.1 Å². The molecule has 3 N–H and O–H groups in total. The Morgan fingerprint density at radius 3 is 2.12 bits per heavy atom. The summed E-state index contributed by atoms with van der Waals surface area (Å²) in [5, 5.41) is 14.6.